The first-order valence-corrected chi connectivity index (χ1v) is 37.5. The molecule has 14 aromatic carbocycles. The molecule has 0 spiro atoms. The number of hydrogen-bond acceptors (Lipinski definition) is 10. The summed E-state index contributed by atoms with van der Waals surface area (Å²) in [4.78, 5) is 27.9. The molecular weight excluding hydrogens is 1370 g/mol. The van der Waals surface area contributed by atoms with E-state index < -0.39 is 29.2 Å². The van der Waals surface area contributed by atoms with Crippen LogP contribution in [0.15, 0.2) is 361 Å². The van der Waals surface area contributed by atoms with Gasteiger partial charge in [-0.3, -0.25) is 0 Å². The minimum Gasteiger partial charge on any atom is -1.00 e. The molecular formula is C98H71BClN6O4-. The zero-order chi connectivity index (χ0) is 74.1. The molecule has 2 aliphatic carbocycles. The summed E-state index contributed by atoms with van der Waals surface area (Å²) in [5.41, 5.74) is 22.0. The predicted molar refractivity (Wildman–Crippen MR) is 444 cm³/mol. The first-order chi connectivity index (χ1) is 53.9. The summed E-state index contributed by atoms with van der Waals surface area (Å²) >= 11 is 5.99. The molecule has 0 amide bonds. The normalized spacial score (nSPS) is 14.4. The molecule has 18 aromatic rings. The van der Waals surface area contributed by atoms with Gasteiger partial charge < -0.3 is 19.6 Å². The Balaban J connectivity index is 0.000000127. The van der Waals surface area contributed by atoms with Crippen LogP contribution >= 0.6 is 11.6 Å². The van der Waals surface area contributed by atoms with Crippen LogP contribution < -0.4 is 5.46 Å². The average molecular weight is 1440 g/mol. The first kappa shape index (κ1) is 67.6. The van der Waals surface area contributed by atoms with Crippen molar-refractivity contribution in [3.8, 4) is 79.2 Å². The summed E-state index contributed by atoms with van der Waals surface area (Å²) in [6, 6.07) is 122. The zero-order valence-electron chi connectivity index (χ0n) is 61.8. The van der Waals surface area contributed by atoms with Gasteiger partial charge in [-0.2, -0.15) is 9.97 Å². The molecule has 0 bridgehead atoms. The molecule has 5 heterocycles. The largest absolute Gasteiger partial charge is 1.00 e. The molecule has 1 aliphatic heterocycles. The van der Waals surface area contributed by atoms with Crippen molar-refractivity contribution in [2.75, 3.05) is 0 Å². The maximum Gasteiger partial charge on any atom is 0.495 e. The highest BCUT2D eigenvalue weighted by molar-refractivity contribution is 6.66. The van der Waals surface area contributed by atoms with Crippen LogP contribution in [0.4, 0.5) is 0 Å². The summed E-state index contributed by atoms with van der Waals surface area (Å²) in [5.74, 6) is 3.03. The van der Waals surface area contributed by atoms with E-state index in [0.29, 0.717) is 29.1 Å². The second-order valence-electron chi connectivity index (χ2n) is 29.1. The smallest absolute Gasteiger partial charge is 0.495 e. The van der Waals surface area contributed by atoms with Crippen molar-refractivity contribution in [1.82, 2.24) is 29.9 Å². The highest BCUT2D eigenvalue weighted by atomic mass is 35.5. The van der Waals surface area contributed by atoms with Crippen molar-refractivity contribution >= 4 is 68.1 Å². The lowest BCUT2D eigenvalue weighted by Gasteiger charge is -2.33. The van der Waals surface area contributed by atoms with Gasteiger partial charge >= 0.3 is 7.12 Å². The fourth-order valence-corrected chi connectivity index (χ4v) is 16.8. The van der Waals surface area contributed by atoms with E-state index in [-0.39, 0.29) is 6.71 Å². The molecule has 110 heavy (non-hydrogen) atoms. The lowest BCUT2D eigenvalue weighted by molar-refractivity contribution is 0.00578. The van der Waals surface area contributed by atoms with E-state index in [9.17, 15) is 0 Å². The van der Waals surface area contributed by atoms with Crippen molar-refractivity contribution in [1.29, 1.82) is 0 Å². The van der Waals surface area contributed by atoms with E-state index in [4.69, 9.17) is 44.7 Å². The van der Waals surface area contributed by atoms with Crippen molar-refractivity contribution in [2.45, 2.75) is 49.7 Å². The van der Waals surface area contributed by atoms with Crippen molar-refractivity contribution < 1.29 is 19.6 Å². The van der Waals surface area contributed by atoms with E-state index in [1.807, 2.05) is 146 Å². The standard InChI is InChI=1S/C46H29N3O.C37H31BO3.C15H10ClN3.H/c1-5-16-30(17-6-1)43-47-44(31-18-7-2-8-19-31)49-45(48-43)35-25-15-27-40-42(35)37-28-36-34-24-13-14-26-38(34)46(32-20-9-3-10-21-32,33-22-11-4-12-23-33)39(36)29-41(37)50-40;1-35(2)36(3,4)41-38(40-35)31-20-13-21-32-34(31)28-22-27-26-18-11-12-19-29(26)37(24-14-7-5-8-15-24,25-16-9-6-10-17-25)30(27)23-33(28)39-32;16-15-18-13(11-7-3-1-4-8-11)17-14(19-15)12-9-5-2-6-10-12;/h1-29H;5-23H,1-4H3;1-10H;/q;;;-1/i;;;1+1. The average Bonchev–Trinajstić information content (AvgIpc) is 1.54. The van der Waals surface area contributed by atoms with Crippen LogP contribution in [0.2, 0.25) is 5.28 Å². The lowest BCUT2D eigenvalue weighted by atomic mass is 9.67. The summed E-state index contributed by atoms with van der Waals surface area (Å²) < 4.78 is 26.4. The van der Waals surface area contributed by atoms with Gasteiger partial charge in [0, 0.05) is 49.4 Å². The molecule has 1 fully saturated rings. The number of nitrogens with zero attached hydrogens (tertiary/aromatic N) is 6. The first-order valence-electron chi connectivity index (χ1n) is 37.1. The molecule has 12 heteroatoms. The van der Waals surface area contributed by atoms with Gasteiger partial charge in [-0.05, 0) is 148 Å². The molecule has 0 radical (unpaired) electrons. The second-order valence-corrected chi connectivity index (χ2v) is 29.4. The monoisotopic (exact) mass is 1440 g/mol. The van der Waals surface area contributed by atoms with Gasteiger partial charge in [0.2, 0.25) is 5.28 Å². The summed E-state index contributed by atoms with van der Waals surface area (Å²) in [6.45, 7) is 8.38. The molecule has 0 atom stereocenters. The van der Waals surface area contributed by atoms with E-state index in [1.54, 1.807) is 0 Å². The van der Waals surface area contributed by atoms with Gasteiger partial charge in [-0.15, -0.1) is 0 Å². The maximum atomic E-state index is 6.76. The lowest BCUT2D eigenvalue weighted by Crippen LogP contribution is -2.41. The Labute approximate surface area is 644 Å². The van der Waals surface area contributed by atoms with Gasteiger partial charge in [-0.1, -0.05) is 315 Å². The van der Waals surface area contributed by atoms with Crippen molar-refractivity contribution in [2.24, 2.45) is 0 Å². The summed E-state index contributed by atoms with van der Waals surface area (Å²) in [7, 11) is -0.474. The predicted octanol–water partition coefficient (Wildman–Crippen LogP) is 23.4. The second kappa shape index (κ2) is 27.3. The fraction of sp³-hybridized carbons (Fsp3) is 0.0816. The zero-order valence-corrected chi connectivity index (χ0v) is 61.5. The molecule has 0 N–H and O–H groups in total. The number of benzene rings is 14. The highest BCUT2D eigenvalue weighted by Crippen LogP contribution is 2.60. The molecule has 528 valence electrons. The minimum absolute atomic E-state index is 0. The molecule has 4 aromatic heterocycles. The molecule has 0 unspecified atom stereocenters. The van der Waals surface area contributed by atoms with Gasteiger partial charge in [-0.25, -0.2) is 19.9 Å². The third-order valence-electron chi connectivity index (χ3n) is 22.3. The van der Waals surface area contributed by atoms with Crippen LogP contribution in [0.3, 0.4) is 0 Å². The Hall–Kier alpha value is -13.0. The van der Waals surface area contributed by atoms with Crippen LogP contribution in [0.5, 0.6) is 0 Å². The number of hydrogen-bond donors (Lipinski definition) is 0. The molecule has 1 saturated heterocycles. The number of fused-ring (bicyclic) bond motifs is 12. The third-order valence-corrected chi connectivity index (χ3v) is 22.5. The van der Waals surface area contributed by atoms with E-state index in [2.05, 4.69) is 249 Å². The van der Waals surface area contributed by atoms with E-state index in [0.717, 1.165) is 77.2 Å². The fourth-order valence-electron chi connectivity index (χ4n) is 16.6. The number of halogens is 1. The number of furan rings is 2. The molecule has 10 nitrogen and oxygen atoms in total. The highest BCUT2D eigenvalue weighted by Gasteiger charge is 2.53. The minimum atomic E-state index is -0.506. The SMILES string of the molecule is CC1(C)OB(c2cccc3oc4cc5c(cc4c23)-c2ccccc2C5(c2ccccc2)c2ccccc2)OC1(C)C.Clc1nc(-c2ccccc2)nc(-c2ccccc2)n1.[2H-].c1ccc(-c2nc(-c3ccccc3)nc(-c3cccc4oc5cc6c(cc5c34)-c3ccccc3C6(c3ccccc3)c3ccccc3)n2)cc1. The Bertz CT molecular complexity index is 6290. The van der Waals surface area contributed by atoms with Crippen LogP contribution in [-0.2, 0) is 20.1 Å². The van der Waals surface area contributed by atoms with Gasteiger partial charge in [0.25, 0.3) is 0 Å². The van der Waals surface area contributed by atoms with Crippen LogP contribution in [0.25, 0.3) is 123 Å². The van der Waals surface area contributed by atoms with Crippen LogP contribution in [0, 0.1) is 0 Å². The van der Waals surface area contributed by atoms with Gasteiger partial charge in [0.05, 0.1) is 22.0 Å². The third kappa shape index (κ3) is 11.3. The Morgan fingerprint density at radius 2 is 0.582 bits per heavy atom. The van der Waals surface area contributed by atoms with Gasteiger partial charge in [0.15, 0.2) is 29.1 Å². The number of aromatic nitrogens is 6. The Morgan fingerprint density at radius 3 is 0.973 bits per heavy atom. The van der Waals surface area contributed by atoms with Crippen molar-refractivity contribution in [3.05, 3.63) is 402 Å². The van der Waals surface area contributed by atoms with Crippen LogP contribution in [0.1, 0.15) is 73.6 Å². The molecule has 21 rings (SSSR count). The maximum absolute atomic E-state index is 6.76. The quantitative estimate of drug-likeness (QED) is 0.122. The van der Waals surface area contributed by atoms with Crippen molar-refractivity contribution in [3.63, 3.8) is 0 Å². The van der Waals surface area contributed by atoms with Crippen LogP contribution in [-0.4, -0.2) is 48.2 Å². The summed E-state index contributed by atoms with van der Waals surface area (Å²) in [5, 5.41) is 4.36. The Kier molecular flexibility index (Phi) is 16.8. The van der Waals surface area contributed by atoms with E-state index in [1.165, 1.54) is 66.8 Å². The Morgan fingerprint density at radius 1 is 0.273 bits per heavy atom. The number of rotatable bonds is 10. The summed E-state index contributed by atoms with van der Waals surface area (Å²) in [6.07, 6.45) is 0. The molecule has 0 saturated carbocycles. The topological polar surface area (TPSA) is 122 Å². The van der Waals surface area contributed by atoms with Gasteiger partial charge in [0.1, 0.15) is 22.3 Å². The molecule has 3 aliphatic rings. The van der Waals surface area contributed by atoms with E-state index >= 15 is 0 Å².